The molecule has 1 amide bonds. The van der Waals surface area contributed by atoms with Gasteiger partial charge in [0.15, 0.2) is 0 Å². The van der Waals surface area contributed by atoms with E-state index in [1.165, 1.54) is 0 Å². The van der Waals surface area contributed by atoms with Crippen molar-refractivity contribution in [2.24, 2.45) is 0 Å². The Bertz CT molecular complexity index is 905. The third kappa shape index (κ3) is 4.71. The van der Waals surface area contributed by atoms with Gasteiger partial charge in [0.05, 0.1) is 29.9 Å². The topological polar surface area (TPSA) is 56.1 Å². The number of ether oxygens (including phenoxy) is 1. The SMILES string of the molecule is COc1ccc(SCCC(=O)Nc2c(C)nn(-c3ccccc3)c2C)cc1. The van der Waals surface area contributed by atoms with Crippen LogP contribution in [0.5, 0.6) is 5.75 Å². The number of para-hydroxylation sites is 1. The number of methoxy groups -OCH3 is 1. The van der Waals surface area contributed by atoms with Crippen molar-refractivity contribution in [2.75, 3.05) is 18.2 Å². The fraction of sp³-hybridized carbons (Fsp3) is 0.238. The largest absolute Gasteiger partial charge is 0.497 e. The minimum atomic E-state index is -0.00479. The average Bonchev–Trinajstić information content (AvgIpc) is 2.97. The molecule has 3 rings (SSSR count). The van der Waals surface area contributed by atoms with Crippen molar-refractivity contribution in [3.05, 3.63) is 66.0 Å². The summed E-state index contributed by atoms with van der Waals surface area (Å²) in [5.74, 6) is 1.54. The molecule has 2 aromatic carbocycles. The van der Waals surface area contributed by atoms with Crippen LogP contribution in [0.25, 0.3) is 5.69 Å². The van der Waals surface area contributed by atoms with E-state index in [4.69, 9.17) is 4.74 Å². The third-order valence-electron chi connectivity index (χ3n) is 4.21. The number of benzene rings is 2. The highest BCUT2D eigenvalue weighted by Gasteiger charge is 2.15. The van der Waals surface area contributed by atoms with E-state index in [0.29, 0.717) is 12.2 Å². The van der Waals surface area contributed by atoms with E-state index < -0.39 is 0 Å². The molecule has 1 aromatic heterocycles. The standard InChI is InChI=1S/C21H23N3O2S/c1-15-21(16(2)24(23-15)17-7-5-4-6-8-17)22-20(25)13-14-27-19-11-9-18(26-3)10-12-19/h4-12H,13-14H2,1-3H3,(H,22,25). The Balaban J connectivity index is 1.58. The minimum absolute atomic E-state index is 0.00479. The molecule has 0 bridgehead atoms. The van der Waals surface area contributed by atoms with Gasteiger partial charge in [-0.15, -0.1) is 11.8 Å². The lowest BCUT2D eigenvalue weighted by Gasteiger charge is -2.07. The van der Waals surface area contributed by atoms with Gasteiger partial charge in [-0.2, -0.15) is 5.10 Å². The van der Waals surface area contributed by atoms with Gasteiger partial charge in [-0.05, 0) is 50.2 Å². The Morgan fingerprint density at radius 3 is 2.48 bits per heavy atom. The van der Waals surface area contributed by atoms with Crippen molar-refractivity contribution in [2.45, 2.75) is 25.2 Å². The second-order valence-corrected chi connectivity index (χ2v) is 7.28. The molecular weight excluding hydrogens is 358 g/mol. The Morgan fingerprint density at radius 2 is 1.81 bits per heavy atom. The number of anilines is 1. The molecule has 140 valence electrons. The lowest BCUT2D eigenvalue weighted by molar-refractivity contribution is -0.115. The summed E-state index contributed by atoms with van der Waals surface area (Å²) in [7, 11) is 1.65. The molecule has 0 spiro atoms. The van der Waals surface area contributed by atoms with Crippen molar-refractivity contribution in [1.29, 1.82) is 0 Å². The molecule has 27 heavy (non-hydrogen) atoms. The monoisotopic (exact) mass is 381 g/mol. The molecule has 6 heteroatoms. The van der Waals surface area contributed by atoms with Crippen LogP contribution in [0.1, 0.15) is 17.8 Å². The second kappa shape index (κ2) is 8.77. The van der Waals surface area contributed by atoms with Crippen molar-refractivity contribution >= 4 is 23.4 Å². The lowest BCUT2D eigenvalue weighted by atomic mass is 10.3. The number of rotatable bonds is 7. The maximum absolute atomic E-state index is 12.4. The number of aromatic nitrogens is 2. The van der Waals surface area contributed by atoms with Crippen molar-refractivity contribution in [1.82, 2.24) is 9.78 Å². The third-order valence-corrected chi connectivity index (χ3v) is 5.23. The highest BCUT2D eigenvalue weighted by Crippen LogP contribution is 2.24. The first-order chi connectivity index (χ1) is 13.1. The normalized spacial score (nSPS) is 10.6. The van der Waals surface area contributed by atoms with Crippen LogP contribution in [0.15, 0.2) is 59.5 Å². The molecule has 0 saturated carbocycles. The van der Waals surface area contributed by atoms with E-state index in [2.05, 4.69) is 10.4 Å². The van der Waals surface area contributed by atoms with E-state index in [1.54, 1.807) is 18.9 Å². The number of amides is 1. The summed E-state index contributed by atoms with van der Waals surface area (Å²) < 4.78 is 7.01. The zero-order valence-corrected chi connectivity index (χ0v) is 16.5. The van der Waals surface area contributed by atoms with Gasteiger partial charge in [0.25, 0.3) is 0 Å². The van der Waals surface area contributed by atoms with Gasteiger partial charge in [-0.25, -0.2) is 4.68 Å². The van der Waals surface area contributed by atoms with E-state index >= 15 is 0 Å². The molecule has 0 unspecified atom stereocenters. The summed E-state index contributed by atoms with van der Waals surface area (Å²) >= 11 is 1.65. The number of nitrogens with one attached hydrogen (secondary N) is 1. The number of carbonyl (C=O) groups excluding carboxylic acids is 1. The zero-order chi connectivity index (χ0) is 19.2. The van der Waals surface area contributed by atoms with Crippen LogP contribution in [-0.2, 0) is 4.79 Å². The number of hydrogen-bond acceptors (Lipinski definition) is 4. The molecular formula is C21H23N3O2S. The van der Waals surface area contributed by atoms with E-state index in [-0.39, 0.29) is 5.91 Å². The molecule has 1 N–H and O–H groups in total. The van der Waals surface area contributed by atoms with E-state index in [1.807, 2.05) is 73.1 Å². The maximum Gasteiger partial charge on any atom is 0.225 e. The lowest BCUT2D eigenvalue weighted by Crippen LogP contribution is -2.13. The van der Waals surface area contributed by atoms with Crippen molar-refractivity contribution in [3.8, 4) is 11.4 Å². The molecule has 0 aliphatic carbocycles. The van der Waals surface area contributed by atoms with Crippen LogP contribution < -0.4 is 10.1 Å². The predicted octanol–water partition coefficient (Wildman–Crippen LogP) is 4.62. The number of aryl methyl sites for hydroxylation is 1. The Kier molecular flexibility index (Phi) is 6.19. The highest BCUT2D eigenvalue weighted by molar-refractivity contribution is 7.99. The number of nitrogens with zero attached hydrogens (tertiary/aromatic N) is 2. The molecule has 5 nitrogen and oxygen atoms in total. The first kappa shape index (κ1) is 19.0. The molecule has 0 fully saturated rings. The molecule has 0 aliphatic rings. The first-order valence-corrected chi connectivity index (χ1v) is 9.75. The van der Waals surface area contributed by atoms with Gasteiger partial charge in [0.2, 0.25) is 5.91 Å². The van der Waals surface area contributed by atoms with Crippen LogP contribution >= 0.6 is 11.8 Å². The fourth-order valence-corrected chi connectivity index (χ4v) is 3.63. The van der Waals surface area contributed by atoms with Crippen LogP contribution in [0, 0.1) is 13.8 Å². The van der Waals surface area contributed by atoms with Gasteiger partial charge in [0, 0.05) is 17.1 Å². The smallest absolute Gasteiger partial charge is 0.225 e. The summed E-state index contributed by atoms with van der Waals surface area (Å²) in [6, 6.07) is 17.8. The molecule has 0 aliphatic heterocycles. The summed E-state index contributed by atoms with van der Waals surface area (Å²) in [4.78, 5) is 13.5. The number of carbonyl (C=O) groups is 1. The van der Waals surface area contributed by atoms with Crippen LogP contribution in [0.3, 0.4) is 0 Å². The van der Waals surface area contributed by atoms with E-state index in [0.717, 1.165) is 33.4 Å². The first-order valence-electron chi connectivity index (χ1n) is 8.77. The Hall–Kier alpha value is -2.73. The van der Waals surface area contributed by atoms with Crippen LogP contribution in [0.2, 0.25) is 0 Å². The Labute approximate surface area is 163 Å². The number of hydrogen-bond donors (Lipinski definition) is 1. The molecule has 0 saturated heterocycles. The maximum atomic E-state index is 12.4. The molecule has 0 atom stereocenters. The Morgan fingerprint density at radius 1 is 1.11 bits per heavy atom. The molecule has 0 radical (unpaired) electrons. The number of thioether (sulfide) groups is 1. The van der Waals surface area contributed by atoms with Crippen molar-refractivity contribution in [3.63, 3.8) is 0 Å². The minimum Gasteiger partial charge on any atom is -0.497 e. The second-order valence-electron chi connectivity index (χ2n) is 6.12. The van der Waals surface area contributed by atoms with Crippen LogP contribution in [-0.4, -0.2) is 28.6 Å². The molecule has 3 aromatic rings. The molecule has 1 heterocycles. The summed E-state index contributed by atoms with van der Waals surface area (Å²) in [5, 5.41) is 7.58. The van der Waals surface area contributed by atoms with Gasteiger partial charge >= 0.3 is 0 Å². The van der Waals surface area contributed by atoms with Gasteiger partial charge < -0.3 is 10.1 Å². The van der Waals surface area contributed by atoms with Crippen molar-refractivity contribution < 1.29 is 9.53 Å². The summed E-state index contributed by atoms with van der Waals surface area (Å²) in [6.07, 6.45) is 0.437. The van der Waals surface area contributed by atoms with Gasteiger partial charge in [-0.3, -0.25) is 4.79 Å². The predicted molar refractivity (Wildman–Crippen MR) is 110 cm³/mol. The summed E-state index contributed by atoms with van der Waals surface area (Å²) in [5.41, 5.74) is 3.51. The quantitative estimate of drug-likeness (QED) is 0.607. The zero-order valence-electron chi connectivity index (χ0n) is 15.7. The summed E-state index contributed by atoms with van der Waals surface area (Å²) in [6.45, 7) is 3.88. The highest BCUT2D eigenvalue weighted by atomic mass is 32.2. The average molecular weight is 382 g/mol. The van der Waals surface area contributed by atoms with Crippen LogP contribution in [0.4, 0.5) is 5.69 Å². The fourth-order valence-electron chi connectivity index (χ4n) is 2.78. The van der Waals surface area contributed by atoms with E-state index in [9.17, 15) is 4.79 Å². The van der Waals surface area contributed by atoms with Gasteiger partial charge in [-0.1, -0.05) is 18.2 Å². The van der Waals surface area contributed by atoms with Gasteiger partial charge in [0.1, 0.15) is 5.75 Å².